The van der Waals surface area contributed by atoms with E-state index in [1.807, 2.05) is 0 Å². The van der Waals surface area contributed by atoms with Crippen molar-refractivity contribution in [3.05, 3.63) is 53.6 Å². The van der Waals surface area contributed by atoms with Crippen LogP contribution in [0.15, 0.2) is 41.4 Å². The van der Waals surface area contributed by atoms with Crippen molar-refractivity contribution in [3.8, 4) is 0 Å². The maximum absolute atomic E-state index is 13.1. The molecule has 0 atom stereocenters. The van der Waals surface area contributed by atoms with Gasteiger partial charge in [-0.15, -0.1) is 0 Å². The summed E-state index contributed by atoms with van der Waals surface area (Å²) >= 11 is 0. The second-order valence-corrected chi connectivity index (χ2v) is 10.8. The van der Waals surface area contributed by atoms with E-state index in [1.165, 1.54) is 13.8 Å². The Kier molecular flexibility index (Phi) is 6.24. The van der Waals surface area contributed by atoms with E-state index in [2.05, 4.69) is 15.3 Å². The molecule has 1 saturated carbocycles. The number of halogens is 6. The van der Waals surface area contributed by atoms with Crippen LogP contribution in [0.5, 0.6) is 0 Å². The smallest absolute Gasteiger partial charge is 0.348 e. The molecule has 2 aromatic rings. The van der Waals surface area contributed by atoms with E-state index in [0.29, 0.717) is 6.07 Å². The number of carbonyl (C=O) groups excluding carboxylic acids is 1. The van der Waals surface area contributed by atoms with Crippen molar-refractivity contribution < 1.29 is 39.6 Å². The molecule has 13 heteroatoms. The van der Waals surface area contributed by atoms with Gasteiger partial charge in [-0.25, -0.2) is 18.4 Å². The summed E-state index contributed by atoms with van der Waals surface area (Å²) in [7, 11) is -4.17. The minimum Gasteiger partial charge on any atom is -0.348 e. The molecule has 0 aliphatic heterocycles. The normalized spacial score (nSPS) is 19.6. The van der Waals surface area contributed by atoms with Crippen molar-refractivity contribution in [2.45, 2.75) is 54.7 Å². The summed E-state index contributed by atoms with van der Waals surface area (Å²) in [4.78, 5) is 18.0. The Morgan fingerprint density at radius 1 is 1.03 bits per heavy atom. The summed E-state index contributed by atoms with van der Waals surface area (Å²) in [5, 5.41) is 2.49. The fraction of sp³-hybridized carbons (Fsp3) is 0.450. The Morgan fingerprint density at radius 3 is 2.24 bits per heavy atom. The van der Waals surface area contributed by atoms with Gasteiger partial charge in [0.15, 0.2) is 9.84 Å². The van der Waals surface area contributed by atoms with E-state index >= 15 is 0 Å². The molecule has 33 heavy (non-hydrogen) atoms. The van der Waals surface area contributed by atoms with Crippen molar-refractivity contribution in [2.75, 3.05) is 0 Å². The molecule has 6 nitrogen and oxygen atoms in total. The van der Waals surface area contributed by atoms with E-state index in [4.69, 9.17) is 0 Å². The molecule has 1 aliphatic carbocycles. The third-order valence-corrected chi connectivity index (χ3v) is 8.36. The predicted octanol–water partition coefficient (Wildman–Crippen LogP) is 4.28. The van der Waals surface area contributed by atoms with Crippen LogP contribution in [0, 0.1) is 5.92 Å². The number of amides is 1. The third-order valence-electron chi connectivity index (χ3n) is 5.76. The number of carbonyl (C=O) groups is 1. The van der Waals surface area contributed by atoms with Gasteiger partial charge in [-0.05, 0) is 56.9 Å². The zero-order valence-electron chi connectivity index (χ0n) is 17.3. The van der Waals surface area contributed by atoms with E-state index in [0.717, 1.165) is 30.5 Å². The molecule has 0 bridgehead atoms. The van der Waals surface area contributed by atoms with Crippen molar-refractivity contribution in [1.82, 2.24) is 15.3 Å². The lowest BCUT2D eigenvalue weighted by molar-refractivity contribution is -0.145. The van der Waals surface area contributed by atoms with Crippen LogP contribution in [0.2, 0.25) is 0 Å². The molecule has 3 rings (SSSR count). The number of alkyl halides is 6. The molecule has 180 valence electrons. The summed E-state index contributed by atoms with van der Waals surface area (Å²) in [5.74, 6) is -2.83. The standard InChI is InChI=1S/C20H19F6N3O3S/c1-18(2,33(31,32)14-5-3-4-11(10-14)19(21,22)23)12-8-13(9-12)28-16(30)15-6-7-27-17(29-15)20(24,25)26/h3-7,10,12-13H,8-9H2,1-2H3,(H,28,30)/t12-,13+. The van der Waals surface area contributed by atoms with Gasteiger partial charge in [0.05, 0.1) is 15.2 Å². The topological polar surface area (TPSA) is 89.0 Å². The Labute approximate surface area is 185 Å². The lowest BCUT2D eigenvalue weighted by atomic mass is 9.73. The summed E-state index contributed by atoms with van der Waals surface area (Å²) in [6.45, 7) is 2.79. The first-order valence-corrected chi connectivity index (χ1v) is 11.1. The number of nitrogens with zero attached hydrogens (tertiary/aromatic N) is 2. The van der Waals surface area contributed by atoms with Crippen LogP contribution in [-0.4, -0.2) is 35.1 Å². The van der Waals surface area contributed by atoms with Gasteiger partial charge in [0.2, 0.25) is 5.82 Å². The Balaban J connectivity index is 1.69. The number of hydrogen-bond donors (Lipinski definition) is 1. The van der Waals surface area contributed by atoms with E-state index < -0.39 is 66.8 Å². The largest absolute Gasteiger partial charge is 0.451 e. The average molecular weight is 495 g/mol. The summed E-state index contributed by atoms with van der Waals surface area (Å²) in [6, 6.07) is 3.97. The molecule has 0 saturated heterocycles. The van der Waals surface area contributed by atoms with Gasteiger partial charge >= 0.3 is 12.4 Å². The van der Waals surface area contributed by atoms with Gasteiger partial charge in [-0.3, -0.25) is 4.79 Å². The molecule has 1 amide bonds. The van der Waals surface area contributed by atoms with Crippen molar-refractivity contribution in [3.63, 3.8) is 0 Å². The first-order chi connectivity index (χ1) is 15.0. The number of benzene rings is 1. The number of nitrogens with one attached hydrogen (secondary N) is 1. The quantitative estimate of drug-likeness (QED) is 0.626. The van der Waals surface area contributed by atoms with Gasteiger partial charge < -0.3 is 5.32 Å². The van der Waals surface area contributed by atoms with Crippen LogP contribution in [0.3, 0.4) is 0 Å². The molecule has 1 N–H and O–H groups in total. The van der Waals surface area contributed by atoms with Gasteiger partial charge in [-0.1, -0.05) is 6.07 Å². The highest BCUT2D eigenvalue weighted by molar-refractivity contribution is 7.92. The Hall–Kier alpha value is -2.70. The highest BCUT2D eigenvalue weighted by Gasteiger charge is 2.49. The SMILES string of the molecule is CC(C)([C@H]1C[C@@H](NC(=O)c2ccnc(C(F)(F)F)n2)C1)S(=O)(=O)c1cccc(C(F)(F)F)c1. The molecule has 1 heterocycles. The van der Waals surface area contributed by atoms with E-state index in [-0.39, 0.29) is 12.8 Å². The van der Waals surface area contributed by atoms with Gasteiger partial charge in [-0.2, -0.15) is 26.3 Å². The summed E-state index contributed by atoms with van der Waals surface area (Å²) in [5.41, 5.74) is -1.57. The molecule has 0 radical (unpaired) electrons. The molecular formula is C20H19F6N3O3S. The molecule has 0 spiro atoms. The lowest BCUT2D eigenvalue weighted by Crippen LogP contribution is -2.53. The predicted molar refractivity (Wildman–Crippen MR) is 104 cm³/mol. The van der Waals surface area contributed by atoms with Crippen LogP contribution in [0.4, 0.5) is 26.3 Å². The van der Waals surface area contributed by atoms with E-state index in [9.17, 15) is 39.6 Å². The highest BCUT2D eigenvalue weighted by Crippen LogP contribution is 2.44. The van der Waals surface area contributed by atoms with E-state index in [1.54, 1.807) is 0 Å². The maximum Gasteiger partial charge on any atom is 0.451 e. The average Bonchev–Trinajstić information content (AvgIpc) is 2.68. The maximum atomic E-state index is 13.1. The van der Waals surface area contributed by atoms with Crippen LogP contribution in [0.1, 0.15) is 48.6 Å². The molecule has 1 aromatic carbocycles. The highest BCUT2D eigenvalue weighted by atomic mass is 32.2. The summed E-state index contributed by atoms with van der Waals surface area (Å²) < 4.78 is 102. The van der Waals surface area contributed by atoms with Crippen molar-refractivity contribution >= 4 is 15.7 Å². The van der Waals surface area contributed by atoms with Crippen LogP contribution >= 0.6 is 0 Å². The summed E-state index contributed by atoms with van der Waals surface area (Å²) in [6.07, 6.45) is -8.37. The van der Waals surface area contributed by atoms with Crippen LogP contribution in [-0.2, 0) is 22.2 Å². The molecule has 1 aromatic heterocycles. The minimum absolute atomic E-state index is 0.175. The number of hydrogen-bond acceptors (Lipinski definition) is 5. The molecule has 0 unspecified atom stereocenters. The first kappa shape index (κ1) is 24.9. The molecule has 1 aliphatic rings. The van der Waals surface area contributed by atoms with Gasteiger partial charge in [0.1, 0.15) is 5.69 Å². The second kappa shape index (κ2) is 8.26. The third kappa shape index (κ3) is 4.97. The zero-order valence-corrected chi connectivity index (χ0v) is 18.1. The first-order valence-electron chi connectivity index (χ1n) is 9.66. The van der Waals surface area contributed by atoms with Crippen molar-refractivity contribution in [1.29, 1.82) is 0 Å². The Bertz CT molecular complexity index is 1160. The monoisotopic (exact) mass is 495 g/mol. The molecule has 1 fully saturated rings. The van der Waals surface area contributed by atoms with Crippen molar-refractivity contribution in [2.24, 2.45) is 5.92 Å². The lowest BCUT2D eigenvalue weighted by Gasteiger charge is -2.44. The van der Waals surface area contributed by atoms with Gasteiger partial charge in [0.25, 0.3) is 5.91 Å². The Morgan fingerprint density at radius 2 is 1.67 bits per heavy atom. The van der Waals surface area contributed by atoms with Gasteiger partial charge in [0, 0.05) is 12.2 Å². The molecular weight excluding hydrogens is 476 g/mol. The number of sulfone groups is 1. The number of rotatable bonds is 5. The second-order valence-electron chi connectivity index (χ2n) is 8.23. The van der Waals surface area contributed by atoms with Crippen LogP contribution in [0.25, 0.3) is 0 Å². The fourth-order valence-electron chi connectivity index (χ4n) is 3.55. The zero-order chi connectivity index (χ0) is 24.8. The fourth-order valence-corrected chi connectivity index (χ4v) is 5.33. The number of aromatic nitrogens is 2. The minimum atomic E-state index is -4.82. The van der Waals surface area contributed by atoms with Crippen LogP contribution < -0.4 is 5.32 Å².